The lowest BCUT2D eigenvalue weighted by Gasteiger charge is -2.16. The summed E-state index contributed by atoms with van der Waals surface area (Å²) in [7, 11) is 0. The van der Waals surface area contributed by atoms with E-state index in [4.69, 9.17) is 4.74 Å². The van der Waals surface area contributed by atoms with Gasteiger partial charge in [0.05, 0.1) is 16.6 Å². The van der Waals surface area contributed by atoms with Gasteiger partial charge in [-0.05, 0) is 32.8 Å². The van der Waals surface area contributed by atoms with E-state index < -0.39 is 4.92 Å². The molecule has 1 rings (SSSR count). The maximum Gasteiger partial charge on any atom is 0.270 e. The summed E-state index contributed by atoms with van der Waals surface area (Å²) in [6.07, 6.45) is 5.55. The summed E-state index contributed by atoms with van der Waals surface area (Å²) in [5.74, 6) is 0.197. The molecule has 0 spiro atoms. The summed E-state index contributed by atoms with van der Waals surface area (Å²) in [5, 5.41) is 10.8. The molecule has 0 bridgehead atoms. The van der Waals surface area contributed by atoms with Gasteiger partial charge in [0.25, 0.3) is 5.69 Å². The van der Waals surface area contributed by atoms with Crippen molar-refractivity contribution in [1.29, 1.82) is 0 Å². The molecule has 0 saturated heterocycles. The van der Waals surface area contributed by atoms with Crippen molar-refractivity contribution in [1.82, 2.24) is 0 Å². The Hall–Kier alpha value is -1.91. The molecule has 5 nitrogen and oxygen atoms in total. The monoisotopic (exact) mass is 293 g/mol. The second kappa shape index (κ2) is 8.39. The van der Waals surface area contributed by atoms with Gasteiger partial charge < -0.3 is 4.74 Å². The molecular formula is C16H23NO4. The number of Topliss-reactive ketones (excluding diaryl/α,β-unsaturated/α-hetero) is 1. The molecule has 5 heteroatoms. The van der Waals surface area contributed by atoms with Crippen molar-refractivity contribution in [2.24, 2.45) is 0 Å². The van der Waals surface area contributed by atoms with E-state index in [9.17, 15) is 14.9 Å². The number of carbonyl (C=O) groups excluding carboxylic acids is 1. The van der Waals surface area contributed by atoms with Crippen LogP contribution in [-0.4, -0.2) is 16.8 Å². The lowest BCUT2D eigenvalue weighted by atomic mass is 10.1. The number of nitro benzene ring substituents is 1. The van der Waals surface area contributed by atoms with Gasteiger partial charge in [-0.2, -0.15) is 0 Å². The third kappa shape index (κ3) is 5.53. The second-order valence-electron chi connectivity index (χ2n) is 5.27. The van der Waals surface area contributed by atoms with Crippen LogP contribution in [0.1, 0.15) is 63.2 Å². The molecule has 21 heavy (non-hydrogen) atoms. The highest BCUT2D eigenvalue weighted by molar-refractivity contribution is 5.97. The van der Waals surface area contributed by atoms with Gasteiger partial charge in [-0.25, -0.2) is 0 Å². The fourth-order valence-electron chi connectivity index (χ4n) is 2.14. The van der Waals surface area contributed by atoms with Crippen LogP contribution in [-0.2, 0) is 0 Å². The number of carbonyl (C=O) groups is 1. The standard InChI is InChI=1S/C16H23NO4/c1-4-5-6-7-8-12(2)21-16-10-9-14(17(19)20)11-15(16)13(3)18/h9-12H,4-8H2,1-3H3. The first-order chi connectivity index (χ1) is 9.95. The van der Waals surface area contributed by atoms with E-state index in [1.165, 1.54) is 44.4 Å². The number of benzene rings is 1. The van der Waals surface area contributed by atoms with E-state index in [0.717, 1.165) is 12.8 Å². The Kier molecular flexibility index (Phi) is 6.85. The Morgan fingerprint density at radius 1 is 1.33 bits per heavy atom. The average molecular weight is 293 g/mol. The lowest BCUT2D eigenvalue weighted by Crippen LogP contribution is -2.13. The number of unbranched alkanes of at least 4 members (excludes halogenated alkanes) is 3. The number of non-ortho nitro benzene ring substituents is 1. The predicted molar refractivity (Wildman–Crippen MR) is 81.9 cm³/mol. The zero-order valence-corrected chi connectivity index (χ0v) is 12.9. The quantitative estimate of drug-likeness (QED) is 0.290. The Balaban J connectivity index is 2.73. The summed E-state index contributed by atoms with van der Waals surface area (Å²) in [6.45, 7) is 5.51. The summed E-state index contributed by atoms with van der Waals surface area (Å²) in [6, 6.07) is 4.16. The maximum absolute atomic E-state index is 11.6. The third-order valence-electron chi connectivity index (χ3n) is 3.35. The van der Waals surface area contributed by atoms with E-state index in [2.05, 4.69) is 6.92 Å². The topological polar surface area (TPSA) is 69.4 Å². The molecule has 0 radical (unpaired) electrons. The SMILES string of the molecule is CCCCCCC(C)Oc1ccc([N+](=O)[O-])cc1C(C)=O. The summed E-state index contributed by atoms with van der Waals surface area (Å²) < 4.78 is 5.78. The normalized spacial score (nSPS) is 12.0. The Bertz CT molecular complexity index is 499. The molecular weight excluding hydrogens is 270 g/mol. The van der Waals surface area contributed by atoms with Gasteiger partial charge in [-0.15, -0.1) is 0 Å². The zero-order chi connectivity index (χ0) is 15.8. The molecule has 0 aliphatic carbocycles. The summed E-state index contributed by atoms with van der Waals surface area (Å²) in [5.41, 5.74) is 0.174. The smallest absolute Gasteiger partial charge is 0.270 e. The van der Waals surface area contributed by atoms with Crippen LogP contribution in [0.15, 0.2) is 18.2 Å². The lowest BCUT2D eigenvalue weighted by molar-refractivity contribution is -0.384. The number of hydrogen-bond donors (Lipinski definition) is 0. The Labute approximate surface area is 125 Å². The van der Waals surface area contributed by atoms with Crippen LogP contribution in [0.5, 0.6) is 5.75 Å². The highest BCUT2D eigenvalue weighted by Gasteiger charge is 2.16. The number of hydrogen-bond acceptors (Lipinski definition) is 4. The molecule has 1 aromatic rings. The molecule has 0 fully saturated rings. The Morgan fingerprint density at radius 2 is 2.05 bits per heavy atom. The van der Waals surface area contributed by atoms with Crippen molar-refractivity contribution >= 4 is 11.5 Å². The van der Waals surface area contributed by atoms with Gasteiger partial charge in [0.1, 0.15) is 5.75 Å². The molecule has 0 aromatic heterocycles. The molecule has 0 aliphatic rings. The van der Waals surface area contributed by atoms with Crippen molar-refractivity contribution in [2.75, 3.05) is 0 Å². The van der Waals surface area contributed by atoms with E-state index in [-0.39, 0.29) is 23.1 Å². The van der Waals surface area contributed by atoms with Crippen LogP contribution >= 0.6 is 0 Å². The van der Waals surface area contributed by atoms with Crippen LogP contribution in [0.3, 0.4) is 0 Å². The zero-order valence-electron chi connectivity index (χ0n) is 12.9. The molecule has 116 valence electrons. The number of ketones is 1. The van der Waals surface area contributed by atoms with Crippen LogP contribution < -0.4 is 4.74 Å². The van der Waals surface area contributed by atoms with Gasteiger partial charge in [0, 0.05) is 12.1 Å². The molecule has 0 amide bonds. The van der Waals surface area contributed by atoms with Gasteiger partial charge in [-0.3, -0.25) is 14.9 Å². The largest absolute Gasteiger partial charge is 0.490 e. The van der Waals surface area contributed by atoms with Crippen molar-refractivity contribution in [3.63, 3.8) is 0 Å². The molecule has 1 aromatic carbocycles. The second-order valence-corrected chi connectivity index (χ2v) is 5.27. The first-order valence-electron chi connectivity index (χ1n) is 7.41. The third-order valence-corrected chi connectivity index (χ3v) is 3.35. The van der Waals surface area contributed by atoms with Gasteiger partial charge in [0.2, 0.25) is 0 Å². The molecule has 1 unspecified atom stereocenters. The highest BCUT2D eigenvalue weighted by atomic mass is 16.6. The fourth-order valence-corrected chi connectivity index (χ4v) is 2.14. The minimum atomic E-state index is -0.510. The van der Waals surface area contributed by atoms with Crippen molar-refractivity contribution < 1.29 is 14.5 Å². The predicted octanol–water partition coefficient (Wildman–Crippen LogP) is 4.54. The van der Waals surface area contributed by atoms with Crippen LogP contribution in [0.4, 0.5) is 5.69 Å². The number of nitro groups is 1. The summed E-state index contributed by atoms with van der Waals surface area (Å²) in [4.78, 5) is 21.9. The fraction of sp³-hybridized carbons (Fsp3) is 0.562. The first-order valence-corrected chi connectivity index (χ1v) is 7.41. The average Bonchev–Trinajstić information content (AvgIpc) is 2.43. The molecule has 0 aliphatic heterocycles. The molecule has 0 heterocycles. The molecule has 0 N–H and O–H groups in total. The number of nitrogens with zero attached hydrogens (tertiary/aromatic N) is 1. The van der Waals surface area contributed by atoms with Crippen LogP contribution in [0, 0.1) is 10.1 Å². The van der Waals surface area contributed by atoms with Gasteiger partial charge in [0.15, 0.2) is 5.78 Å². The van der Waals surface area contributed by atoms with Crippen LogP contribution in [0.2, 0.25) is 0 Å². The number of ether oxygens (including phenoxy) is 1. The highest BCUT2D eigenvalue weighted by Crippen LogP contribution is 2.26. The minimum Gasteiger partial charge on any atom is -0.490 e. The van der Waals surface area contributed by atoms with E-state index >= 15 is 0 Å². The van der Waals surface area contributed by atoms with Gasteiger partial charge in [-0.1, -0.05) is 26.2 Å². The Morgan fingerprint density at radius 3 is 2.62 bits per heavy atom. The van der Waals surface area contributed by atoms with E-state index in [1.54, 1.807) is 0 Å². The van der Waals surface area contributed by atoms with Crippen LogP contribution in [0.25, 0.3) is 0 Å². The van der Waals surface area contributed by atoms with E-state index in [0.29, 0.717) is 5.75 Å². The molecule has 1 atom stereocenters. The van der Waals surface area contributed by atoms with E-state index in [1.807, 2.05) is 6.92 Å². The van der Waals surface area contributed by atoms with Crippen molar-refractivity contribution in [3.8, 4) is 5.75 Å². The minimum absolute atomic E-state index is 0.0126. The van der Waals surface area contributed by atoms with Crippen molar-refractivity contribution in [2.45, 2.75) is 59.0 Å². The first kappa shape index (κ1) is 17.1. The molecule has 0 saturated carbocycles. The number of rotatable bonds is 9. The van der Waals surface area contributed by atoms with Crippen molar-refractivity contribution in [3.05, 3.63) is 33.9 Å². The van der Waals surface area contributed by atoms with Gasteiger partial charge >= 0.3 is 0 Å². The maximum atomic E-state index is 11.6. The summed E-state index contributed by atoms with van der Waals surface area (Å²) >= 11 is 0.